The Bertz CT molecular complexity index is 1520. The molecule has 0 spiro atoms. The lowest BCUT2D eigenvalue weighted by Crippen LogP contribution is -2.37. The van der Waals surface area contributed by atoms with Gasteiger partial charge in [-0.1, -0.05) is 49.4 Å². The molecule has 7 nitrogen and oxygen atoms in total. The second-order valence-electron chi connectivity index (χ2n) is 10.9. The highest BCUT2D eigenvalue weighted by molar-refractivity contribution is 7.98. The number of Topliss-reactive ketones (excluding diaryl/α,β-unsaturated/α-hetero) is 1. The predicted octanol–water partition coefficient (Wildman–Crippen LogP) is 5.90. The van der Waals surface area contributed by atoms with E-state index >= 15 is 0 Å². The summed E-state index contributed by atoms with van der Waals surface area (Å²) in [5, 5.41) is 3.92. The summed E-state index contributed by atoms with van der Waals surface area (Å²) < 4.78 is 11.2. The summed E-state index contributed by atoms with van der Waals surface area (Å²) in [5.74, 6) is 1.77. The van der Waals surface area contributed by atoms with Crippen molar-refractivity contribution >= 4 is 23.4 Å². The number of nitrogens with one attached hydrogen (secondary N) is 2. The maximum absolute atomic E-state index is 13.7. The van der Waals surface area contributed by atoms with Crippen molar-refractivity contribution in [2.24, 2.45) is 5.41 Å². The van der Waals surface area contributed by atoms with Gasteiger partial charge in [-0.25, -0.2) is 4.98 Å². The number of aromatic nitrogens is 2. The molecule has 1 aliphatic heterocycles. The molecule has 5 rings (SSSR count). The average Bonchev–Trinajstić information content (AvgIpc) is 2.85. The molecule has 1 atom stereocenters. The molecule has 8 heteroatoms. The molecule has 38 heavy (non-hydrogen) atoms. The lowest BCUT2D eigenvalue weighted by Gasteiger charge is -2.38. The molecule has 0 saturated heterocycles. The third kappa shape index (κ3) is 4.85. The quantitative estimate of drug-likeness (QED) is 0.302. The molecule has 3 aromatic rings. The Labute approximate surface area is 227 Å². The summed E-state index contributed by atoms with van der Waals surface area (Å²) in [4.78, 5) is 35.1. The Morgan fingerprint density at radius 1 is 1.05 bits per heavy atom. The Hall–Kier alpha value is -3.52. The lowest BCUT2D eigenvalue weighted by atomic mass is 9.69. The zero-order valence-electron chi connectivity index (χ0n) is 22.7. The lowest BCUT2D eigenvalue weighted by molar-refractivity contribution is -0.118. The molecular weight excluding hydrogens is 498 g/mol. The van der Waals surface area contributed by atoms with E-state index in [1.165, 1.54) is 28.5 Å². The Kier molecular flexibility index (Phi) is 6.86. The van der Waals surface area contributed by atoms with Crippen LogP contribution in [0, 0.1) is 19.3 Å². The van der Waals surface area contributed by atoms with Crippen molar-refractivity contribution in [1.82, 2.24) is 9.97 Å². The van der Waals surface area contributed by atoms with Crippen LogP contribution in [0.4, 0.5) is 5.82 Å². The van der Waals surface area contributed by atoms with Crippen molar-refractivity contribution < 1.29 is 14.3 Å². The Morgan fingerprint density at radius 2 is 1.84 bits per heavy atom. The molecule has 2 heterocycles. The first kappa shape index (κ1) is 26.1. The number of anilines is 1. The SMILES string of the molecule is COc1ccc(OC)c([C@@H]2C3=C(CC(C)(C)CC3=O)Nc3nc(SCc4ccc(C)cc4C)[nH]c(=O)c32)c1. The first-order valence-corrected chi connectivity index (χ1v) is 13.7. The van der Waals surface area contributed by atoms with Crippen LogP contribution in [-0.2, 0) is 10.5 Å². The van der Waals surface area contributed by atoms with Gasteiger partial charge in [0, 0.05) is 29.0 Å². The first-order valence-electron chi connectivity index (χ1n) is 12.7. The van der Waals surface area contributed by atoms with Crippen LogP contribution in [-0.4, -0.2) is 30.0 Å². The topological polar surface area (TPSA) is 93.3 Å². The predicted molar refractivity (Wildman–Crippen MR) is 150 cm³/mol. The number of ether oxygens (including phenoxy) is 2. The van der Waals surface area contributed by atoms with Gasteiger partial charge in [0.1, 0.15) is 17.3 Å². The molecule has 1 aliphatic carbocycles. The maximum Gasteiger partial charge on any atom is 0.257 e. The average molecular weight is 532 g/mol. The number of aromatic amines is 1. The van der Waals surface area contributed by atoms with E-state index in [1.54, 1.807) is 20.3 Å². The molecule has 2 N–H and O–H groups in total. The Balaban J connectivity index is 1.63. The van der Waals surface area contributed by atoms with Crippen molar-refractivity contribution in [1.29, 1.82) is 0 Å². The number of allylic oxidation sites excluding steroid dienone is 2. The monoisotopic (exact) mass is 531 g/mol. The number of hydrogen-bond donors (Lipinski definition) is 2. The number of carbonyl (C=O) groups excluding carboxylic acids is 1. The largest absolute Gasteiger partial charge is 0.497 e. The number of thioether (sulfide) groups is 1. The summed E-state index contributed by atoms with van der Waals surface area (Å²) in [5.41, 5.74) is 5.68. The van der Waals surface area contributed by atoms with Gasteiger partial charge < -0.3 is 19.8 Å². The summed E-state index contributed by atoms with van der Waals surface area (Å²) >= 11 is 1.49. The van der Waals surface area contributed by atoms with Gasteiger partial charge in [0.25, 0.3) is 5.56 Å². The van der Waals surface area contributed by atoms with E-state index in [9.17, 15) is 9.59 Å². The van der Waals surface area contributed by atoms with Gasteiger partial charge in [-0.15, -0.1) is 0 Å². The minimum atomic E-state index is -0.621. The van der Waals surface area contributed by atoms with Gasteiger partial charge >= 0.3 is 0 Å². The second kappa shape index (κ2) is 9.98. The fourth-order valence-corrected chi connectivity index (χ4v) is 6.43. The fraction of sp³-hybridized carbons (Fsp3) is 0.367. The number of methoxy groups -OCH3 is 2. The molecule has 0 amide bonds. The van der Waals surface area contributed by atoms with Crippen LogP contribution in [0.1, 0.15) is 60.4 Å². The van der Waals surface area contributed by atoms with Gasteiger partial charge in [-0.2, -0.15) is 0 Å². The van der Waals surface area contributed by atoms with Crippen LogP contribution in [0.3, 0.4) is 0 Å². The zero-order chi connectivity index (χ0) is 27.2. The molecule has 2 aliphatic rings. The van der Waals surface area contributed by atoms with E-state index in [0.717, 1.165) is 5.70 Å². The molecule has 2 aromatic carbocycles. The third-order valence-corrected chi connectivity index (χ3v) is 8.23. The maximum atomic E-state index is 13.7. The molecule has 0 unspecified atom stereocenters. The highest BCUT2D eigenvalue weighted by Gasteiger charge is 2.43. The van der Waals surface area contributed by atoms with Crippen LogP contribution in [0.15, 0.2) is 57.6 Å². The van der Waals surface area contributed by atoms with Crippen LogP contribution < -0.4 is 20.3 Å². The molecule has 1 aromatic heterocycles. The first-order chi connectivity index (χ1) is 18.1. The van der Waals surface area contributed by atoms with Gasteiger partial charge in [-0.05, 0) is 55.0 Å². The minimum Gasteiger partial charge on any atom is -0.497 e. The normalized spacial score (nSPS) is 17.9. The van der Waals surface area contributed by atoms with Crippen molar-refractivity contribution in [3.63, 3.8) is 0 Å². The summed E-state index contributed by atoms with van der Waals surface area (Å²) in [6, 6.07) is 11.8. The molecule has 0 fully saturated rings. The van der Waals surface area contributed by atoms with Crippen LogP contribution >= 0.6 is 11.8 Å². The van der Waals surface area contributed by atoms with Crippen molar-refractivity contribution in [3.8, 4) is 11.5 Å². The number of hydrogen-bond acceptors (Lipinski definition) is 7. The van der Waals surface area contributed by atoms with E-state index in [0.29, 0.717) is 57.8 Å². The zero-order valence-corrected chi connectivity index (χ0v) is 23.5. The number of H-pyrrole nitrogens is 1. The van der Waals surface area contributed by atoms with Gasteiger partial charge in [0.15, 0.2) is 10.9 Å². The van der Waals surface area contributed by atoms with Crippen molar-refractivity contribution in [2.45, 2.75) is 57.4 Å². The van der Waals surface area contributed by atoms with E-state index in [1.807, 2.05) is 12.1 Å². The Morgan fingerprint density at radius 3 is 2.55 bits per heavy atom. The van der Waals surface area contributed by atoms with E-state index in [-0.39, 0.29) is 16.8 Å². The molecule has 198 valence electrons. The second-order valence-corrected chi connectivity index (χ2v) is 11.8. The molecule has 0 saturated carbocycles. The number of fused-ring (bicyclic) bond motifs is 1. The van der Waals surface area contributed by atoms with E-state index in [4.69, 9.17) is 14.5 Å². The van der Waals surface area contributed by atoms with Crippen LogP contribution in [0.2, 0.25) is 0 Å². The standard InChI is InChI=1S/C30H33N3O4S/c1-16-7-8-18(17(2)11-16)15-38-29-32-27-26(28(35)33-29)24(20-12-19(36-5)9-10-23(20)37-6)25-21(31-27)13-30(3,4)14-22(25)34/h7-12,24H,13-15H2,1-6H3,(H2,31,32,33,35)/t24-/m1/s1. The van der Waals surface area contributed by atoms with Gasteiger partial charge in [-0.3, -0.25) is 9.59 Å². The number of aryl methyl sites for hydroxylation is 2. The van der Waals surface area contributed by atoms with Crippen molar-refractivity contribution in [2.75, 3.05) is 19.5 Å². The summed E-state index contributed by atoms with van der Waals surface area (Å²) in [7, 11) is 3.18. The third-order valence-electron chi connectivity index (χ3n) is 7.31. The molecule has 0 bridgehead atoms. The van der Waals surface area contributed by atoms with Crippen LogP contribution in [0.25, 0.3) is 0 Å². The number of nitrogens with zero attached hydrogens (tertiary/aromatic N) is 1. The van der Waals surface area contributed by atoms with Gasteiger partial charge in [0.2, 0.25) is 0 Å². The smallest absolute Gasteiger partial charge is 0.257 e. The van der Waals surface area contributed by atoms with Gasteiger partial charge in [0.05, 0.1) is 25.7 Å². The number of ketones is 1. The number of rotatable bonds is 6. The highest BCUT2D eigenvalue weighted by Crippen LogP contribution is 2.49. The highest BCUT2D eigenvalue weighted by atomic mass is 32.2. The van der Waals surface area contributed by atoms with Crippen LogP contribution in [0.5, 0.6) is 11.5 Å². The van der Waals surface area contributed by atoms with Crippen molar-refractivity contribution in [3.05, 3.63) is 85.8 Å². The molecule has 0 radical (unpaired) electrons. The van der Waals surface area contributed by atoms with E-state index < -0.39 is 5.92 Å². The summed E-state index contributed by atoms with van der Waals surface area (Å²) in [6.07, 6.45) is 1.08. The minimum absolute atomic E-state index is 0.0250. The summed E-state index contributed by atoms with van der Waals surface area (Å²) in [6.45, 7) is 8.34. The number of benzene rings is 2. The van der Waals surface area contributed by atoms with E-state index in [2.05, 4.69) is 56.2 Å². The fourth-order valence-electron chi connectivity index (χ4n) is 5.49. The number of carbonyl (C=O) groups is 1. The molecular formula is C30H33N3O4S.